The topological polar surface area (TPSA) is 65.1 Å². The predicted octanol–water partition coefficient (Wildman–Crippen LogP) is 2.35. The number of hydrogen-bond acceptors (Lipinski definition) is 4. The van der Waals surface area contributed by atoms with Gasteiger partial charge in [0.25, 0.3) is 0 Å². The molecule has 0 aliphatic rings. The van der Waals surface area contributed by atoms with Crippen molar-refractivity contribution in [3.63, 3.8) is 0 Å². The SMILES string of the molecule is COc1cnn(C)c1C(NN)c1cc(Br)ccc1I. The molecule has 0 spiro atoms. The highest BCUT2D eigenvalue weighted by molar-refractivity contribution is 14.1. The van der Waals surface area contributed by atoms with E-state index in [-0.39, 0.29) is 6.04 Å². The van der Waals surface area contributed by atoms with Crippen LogP contribution in [0.1, 0.15) is 17.3 Å². The number of aromatic nitrogens is 2. The van der Waals surface area contributed by atoms with Crippen LogP contribution in [0.2, 0.25) is 0 Å². The Balaban J connectivity index is 2.56. The first kappa shape index (κ1) is 14.8. The highest BCUT2D eigenvalue weighted by Gasteiger charge is 2.23. The van der Waals surface area contributed by atoms with Crippen LogP contribution in [0.5, 0.6) is 5.75 Å². The fraction of sp³-hybridized carbons (Fsp3) is 0.250. The molecule has 0 amide bonds. The molecule has 0 bridgehead atoms. The smallest absolute Gasteiger partial charge is 0.161 e. The van der Waals surface area contributed by atoms with Crippen LogP contribution in [-0.4, -0.2) is 16.9 Å². The zero-order valence-electron chi connectivity index (χ0n) is 10.5. The minimum absolute atomic E-state index is 0.188. The Kier molecular flexibility index (Phi) is 4.82. The summed E-state index contributed by atoms with van der Waals surface area (Å²) >= 11 is 5.77. The van der Waals surface area contributed by atoms with Crippen LogP contribution >= 0.6 is 38.5 Å². The van der Waals surface area contributed by atoms with Gasteiger partial charge in [-0.25, -0.2) is 5.43 Å². The van der Waals surface area contributed by atoms with Gasteiger partial charge < -0.3 is 4.74 Å². The zero-order chi connectivity index (χ0) is 14.0. The second-order valence-corrected chi connectivity index (χ2v) is 6.07. The second kappa shape index (κ2) is 6.21. The molecule has 3 N–H and O–H groups in total. The molecule has 1 aromatic carbocycles. The molecule has 0 fully saturated rings. The molecule has 1 atom stereocenters. The maximum atomic E-state index is 5.74. The van der Waals surface area contributed by atoms with Crippen molar-refractivity contribution in [2.75, 3.05) is 7.11 Å². The Hall–Kier alpha value is -0.640. The third kappa shape index (κ3) is 2.93. The number of nitrogens with zero attached hydrogens (tertiary/aromatic N) is 2. The van der Waals surface area contributed by atoms with Crippen LogP contribution in [-0.2, 0) is 7.05 Å². The molecule has 1 heterocycles. The number of halogens is 2. The number of nitrogens with two attached hydrogens (primary N) is 1. The molecule has 0 aliphatic carbocycles. The van der Waals surface area contributed by atoms with Crippen molar-refractivity contribution in [3.8, 4) is 5.75 Å². The number of aryl methyl sites for hydroxylation is 1. The van der Waals surface area contributed by atoms with E-state index in [2.05, 4.69) is 49.0 Å². The second-order valence-electron chi connectivity index (χ2n) is 3.99. The van der Waals surface area contributed by atoms with E-state index in [0.717, 1.165) is 19.3 Å². The molecule has 0 saturated carbocycles. The lowest BCUT2D eigenvalue weighted by molar-refractivity contribution is 0.401. The largest absolute Gasteiger partial charge is 0.493 e. The number of benzene rings is 1. The first-order valence-electron chi connectivity index (χ1n) is 5.55. The lowest BCUT2D eigenvalue weighted by Crippen LogP contribution is -2.31. The summed E-state index contributed by atoms with van der Waals surface area (Å²) in [5.74, 6) is 6.45. The van der Waals surface area contributed by atoms with Crippen LogP contribution in [0.15, 0.2) is 28.9 Å². The Bertz CT molecular complexity index is 587. The average Bonchev–Trinajstić information content (AvgIpc) is 2.76. The van der Waals surface area contributed by atoms with E-state index in [1.807, 2.05) is 25.2 Å². The van der Waals surface area contributed by atoms with E-state index in [1.54, 1.807) is 18.0 Å². The van der Waals surface area contributed by atoms with Crippen LogP contribution in [0.25, 0.3) is 0 Å². The van der Waals surface area contributed by atoms with Crippen molar-refractivity contribution in [2.24, 2.45) is 12.9 Å². The lowest BCUT2D eigenvalue weighted by Gasteiger charge is -2.19. The Morgan fingerprint density at radius 1 is 1.53 bits per heavy atom. The van der Waals surface area contributed by atoms with Gasteiger partial charge in [0, 0.05) is 15.1 Å². The molecule has 5 nitrogen and oxygen atoms in total. The van der Waals surface area contributed by atoms with Gasteiger partial charge in [0.1, 0.15) is 5.69 Å². The van der Waals surface area contributed by atoms with E-state index in [0.29, 0.717) is 5.75 Å². The van der Waals surface area contributed by atoms with Crippen molar-refractivity contribution >= 4 is 38.5 Å². The summed E-state index contributed by atoms with van der Waals surface area (Å²) in [6.45, 7) is 0. The Labute approximate surface area is 133 Å². The minimum atomic E-state index is -0.188. The van der Waals surface area contributed by atoms with Crippen molar-refractivity contribution < 1.29 is 4.74 Å². The third-order valence-electron chi connectivity index (χ3n) is 2.88. The molecule has 0 radical (unpaired) electrons. The van der Waals surface area contributed by atoms with Gasteiger partial charge in [-0.2, -0.15) is 5.10 Å². The number of ether oxygens (including phenoxy) is 1. The summed E-state index contributed by atoms with van der Waals surface area (Å²) in [6, 6.07) is 5.89. The van der Waals surface area contributed by atoms with Crippen LogP contribution in [0.4, 0.5) is 0 Å². The van der Waals surface area contributed by atoms with E-state index in [1.165, 1.54) is 0 Å². The van der Waals surface area contributed by atoms with Gasteiger partial charge in [0.2, 0.25) is 0 Å². The fourth-order valence-electron chi connectivity index (χ4n) is 1.97. The van der Waals surface area contributed by atoms with Gasteiger partial charge in [0.15, 0.2) is 5.75 Å². The molecule has 1 unspecified atom stereocenters. The summed E-state index contributed by atoms with van der Waals surface area (Å²) < 4.78 is 9.23. The number of rotatable bonds is 4. The quantitative estimate of drug-likeness (QED) is 0.438. The molecular formula is C12H14BrIN4O. The predicted molar refractivity (Wildman–Crippen MR) is 85.8 cm³/mol. The minimum Gasteiger partial charge on any atom is -0.493 e. The molecule has 2 rings (SSSR count). The van der Waals surface area contributed by atoms with Gasteiger partial charge in [-0.05, 0) is 46.4 Å². The summed E-state index contributed by atoms with van der Waals surface area (Å²) in [4.78, 5) is 0. The number of nitrogens with one attached hydrogen (secondary N) is 1. The summed E-state index contributed by atoms with van der Waals surface area (Å²) in [6.07, 6.45) is 1.69. The summed E-state index contributed by atoms with van der Waals surface area (Å²) in [5, 5.41) is 4.22. The molecular weight excluding hydrogens is 423 g/mol. The maximum Gasteiger partial charge on any atom is 0.161 e. The highest BCUT2D eigenvalue weighted by Crippen LogP contribution is 2.32. The van der Waals surface area contributed by atoms with Gasteiger partial charge in [-0.1, -0.05) is 15.9 Å². The van der Waals surface area contributed by atoms with E-state index in [9.17, 15) is 0 Å². The average molecular weight is 437 g/mol. The Morgan fingerprint density at radius 2 is 2.26 bits per heavy atom. The molecule has 0 saturated heterocycles. The maximum absolute atomic E-state index is 5.74. The first-order valence-corrected chi connectivity index (χ1v) is 7.42. The number of methoxy groups -OCH3 is 1. The molecule has 1 aromatic heterocycles. The molecule has 19 heavy (non-hydrogen) atoms. The van der Waals surface area contributed by atoms with Crippen LogP contribution in [0.3, 0.4) is 0 Å². The van der Waals surface area contributed by atoms with Crippen molar-refractivity contribution in [1.29, 1.82) is 0 Å². The number of hydrogen-bond donors (Lipinski definition) is 2. The molecule has 2 aromatic rings. The van der Waals surface area contributed by atoms with Gasteiger partial charge in [-0.3, -0.25) is 10.5 Å². The lowest BCUT2D eigenvalue weighted by atomic mass is 10.0. The third-order valence-corrected chi connectivity index (χ3v) is 4.35. The summed E-state index contributed by atoms with van der Waals surface area (Å²) in [5.41, 5.74) is 4.80. The zero-order valence-corrected chi connectivity index (χ0v) is 14.3. The van der Waals surface area contributed by atoms with Crippen molar-refractivity contribution in [3.05, 3.63) is 43.7 Å². The first-order chi connectivity index (χ1) is 9.08. The van der Waals surface area contributed by atoms with Gasteiger partial charge in [0.05, 0.1) is 19.3 Å². The van der Waals surface area contributed by atoms with Gasteiger partial charge in [-0.15, -0.1) is 0 Å². The monoisotopic (exact) mass is 436 g/mol. The van der Waals surface area contributed by atoms with Crippen LogP contribution in [0, 0.1) is 3.57 Å². The van der Waals surface area contributed by atoms with Crippen molar-refractivity contribution in [1.82, 2.24) is 15.2 Å². The van der Waals surface area contributed by atoms with Crippen LogP contribution < -0.4 is 16.0 Å². The molecule has 0 aliphatic heterocycles. The van der Waals surface area contributed by atoms with E-state index >= 15 is 0 Å². The summed E-state index contributed by atoms with van der Waals surface area (Å²) in [7, 11) is 3.49. The molecule has 7 heteroatoms. The van der Waals surface area contributed by atoms with Gasteiger partial charge >= 0.3 is 0 Å². The Morgan fingerprint density at radius 3 is 2.89 bits per heavy atom. The normalized spacial score (nSPS) is 12.5. The van der Waals surface area contributed by atoms with E-state index in [4.69, 9.17) is 10.6 Å². The highest BCUT2D eigenvalue weighted by atomic mass is 127. The van der Waals surface area contributed by atoms with Crippen molar-refractivity contribution in [2.45, 2.75) is 6.04 Å². The number of hydrazine groups is 1. The van der Waals surface area contributed by atoms with E-state index < -0.39 is 0 Å². The molecule has 102 valence electrons. The standard InChI is InChI=1S/C12H14BrIN4O/c1-18-12(10(19-2)6-16-18)11(17-15)8-5-7(13)3-4-9(8)14/h3-6,11,17H,15H2,1-2H3. The fourth-order valence-corrected chi connectivity index (χ4v) is 2.99.